The number of carbonyl (C=O) groups is 1. The Kier molecular flexibility index (Phi) is 6.42. The molecule has 18 heavy (non-hydrogen) atoms. The molecule has 0 bridgehead atoms. The Hall–Kier alpha value is -1.37. The molecule has 1 aromatic carbocycles. The van der Waals surface area contributed by atoms with E-state index in [1.54, 1.807) is 0 Å². The van der Waals surface area contributed by atoms with E-state index in [1.807, 2.05) is 0 Å². The van der Waals surface area contributed by atoms with Crippen LogP contribution in [-0.4, -0.2) is 6.29 Å². The van der Waals surface area contributed by atoms with Gasteiger partial charge in [-0.05, 0) is 43.7 Å². The minimum Gasteiger partial charge on any atom is -0.298 e. The first kappa shape index (κ1) is 14.7. The smallest absolute Gasteiger partial charge is 0.145 e. The second kappa shape index (κ2) is 7.86. The number of hydrogen-bond acceptors (Lipinski definition) is 1. The molecule has 0 N–H and O–H groups in total. The van der Waals surface area contributed by atoms with Crippen LogP contribution in [0.2, 0.25) is 0 Å². The van der Waals surface area contributed by atoms with Crippen molar-refractivity contribution in [3.05, 3.63) is 46.5 Å². The Labute approximate surface area is 111 Å². The van der Waals surface area contributed by atoms with Crippen LogP contribution in [0.5, 0.6) is 0 Å². The molecule has 1 heteroatoms. The number of rotatable bonds is 7. The standard InChI is InChI=1S/C17H24O/c1-4-6-7-17(13-18)16(5-2)12-15-10-8-14(3)9-11-15/h8-11,13H,4-7,12H2,1-3H3/b17-16-. The molecule has 0 aliphatic rings. The van der Waals surface area contributed by atoms with Crippen molar-refractivity contribution in [1.29, 1.82) is 0 Å². The van der Waals surface area contributed by atoms with Gasteiger partial charge in [-0.3, -0.25) is 4.79 Å². The second-order valence-electron chi connectivity index (χ2n) is 4.87. The van der Waals surface area contributed by atoms with Gasteiger partial charge >= 0.3 is 0 Å². The van der Waals surface area contributed by atoms with Crippen molar-refractivity contribution in [3.63, 3.8) is 0 Å². The molecule has 1 nitrogen and oxygen atoms in total. The first-order valence-corrected chi connectivity index (χ1v) is 6.92. The largest absolute Gasteiger partial charge is 0.298 e. The van der Waals surface area contributed by atoms with Crippen molar-refractivity contribution in [2.75, 3.05) is 0 Å². The summed E-state index contributed by atoms with van der Waals surface area (Å²) in [5.41, 5.74) is 4.89. The minimum absolute atomic E-state index is 0.911. The van der Waals surface area contributed by atoms with E-state index in [0.717, 1.165) is 44.0 Å². The predicted octanol–water partition coefficient (Wildman–Crippen LogP) is 4.63. The van der Waals surface area contributed by atoms with Crippen LogP contribution in [-0.2, 0) is 11.2 Å². The van der Waals surface area contributed by atoms with Crippen molar-refractivity contribution >= 4 is 6.29 Å². The minimum atomic E-state index is 0.911. The molecule has 1 aromatic rings. The molecule has 0 unspecified atom stereocenters. The van der Waals surface area contributed by atoms with Crippen molar-refractivity contribution in [3.8, 4) is 0 Å². The summed E-state index contributed by atoms with van der Waals surface area (Å²) in [6.07, 6.45) is 6.10. The first-order valence-electron chi connectivity index (χ1n) is 6.92. The number of carbonyl (C=O) groups excluding carboxylic acids is 1. The van der Waals surface area contributed by atoms with E-state index < -0.39 is 0 Å². The number of aryl methyl sites for hydroxylation is 1. The van der Waals surface area contributed by atoms with E-state index in [-0.39, 0.29) is 0 Å². The first-order chi connectivity index (χ1) is 8.71. The van der Waals surface area contributed by atoms with Crippen LogP contribution >= 0.6 is 0 Å². The highest BCUT2D eigenvalue weighted by Crippen LogP contribution is 2.19. The van der Waals surface area contributed by atoms with Gasteiger partial charge in [0.1, 0.15) is 6.29 Å². The molecule has 0 radical (unpaired) electrons. The van der Waals surface area contributed by atoms with Crippen LogP contribution in [0.1, 0.15) is 50.7 Å². The molecule has 0 saturated carbocycles. The van der Waals surface area contributed by atoms with Crippen LogP contribution in [0.4, 0.5) is 0 Å². The van der Waals surface area contributed by atoms with Crippen molar-refractivity contribution < 1.29 is 4.79 Å². The monoisotopic (exact) mass is 244 g/mol. The van der Waals surface area contributed by atoms with Gasteiger partial charge < -0.3 is 0 Å². The number of benzene rings is 1. The van der Waals surface area contributed by atoms with Crippen LogP contribution in [0.15, 0.2) is 35.4 Å². The number of hydrogen-bond donors (Lipinski definition) is 0. The number of allylic oxidation sites excluding steroid dienone is 2. The summed E-state index contributed by atoms with van der Waals surface area (Å²) in [6, 6.07) is 8.59. The predicted molar refractivity (Wildman–Crippen MR) is 77.8 cm³/mol. The summed E-state index contributed by atoms with van der Waals surface area (Å²) in [5, 5.41) is 0. The molecule has 0 aromatic heterocycles. The van der Waals surface area contributed by atoms with Gasteiger partial charge in [-0.2, -0.15) is 0 Å². The molecular formula is C17H24O. The summed E-state index contributed by atoms with van der Waals surface area (Å²) in [4.78, 5) is 11.2. The maximum Gasteiger partial charge on any atom is 0.145 e. The van der Waals surface area contributed by atoms with Crippen molar-refractivity contribution in [2.45, 2.75) is 52.9 Å². The van der Waals surface area contributed by atoms with E-state index >= 15 is 0 Å². The zero-order chi connectivity index (χ0) is 13.4. The third-order valence-electron chi connectivity index (χ3n) is 3.36. The fourth-order valence-electron chi connectivity index (χ4n) is 2.10. The Morgan fingerprint density at radius 1 is 1.17 bits per heavy atom. The molecule has 1 rings (SSSR count). The molecule has 0 heterocycles. The zero-order valence-corrected chi connectivity index (χ0v) is 11.8. The van der Waals surface area contributed by atoms with E-state index in [4.69, 9.17) is 0 Å². The highest BCUT2D eigenvalue weighted by Gasteiger charge is 2.05. The lowest BCUT2D eigenvalue weighted by Crippen LogP contribution is -1.98. The molecule has 0 aliphatic carbocycles. The number of aldehydes is 1. The molecular weight excluding hydrogens is 220 g/mol. The van der Waals surface area contributed by atoms with Gasteiger partial charge in [0, 0.05) is 0 Å². The Morgan fingerprint density at radius 3 is 2.33 bits per heavy atom. The summed E-state index contributed by atoms with van der Waals surface area (Å²) >= 11 is 0. The second-order valence-corrected chi connectivity index (χ2v) is 4.87. The van der Waals surface area contributed by atoms with Crippen LogP contribution in [0.25, 0.3) is 0 Å². The molecule has 0 atom stereocenters. The lowest BCUT2D eigenvalue weighted by molar-refractivity contribution is -0.105. The van der Waals surface area contributed by atoms with Crippen LogP contribution in [0.3, 0.4) is 0 Å². The van der Waals surface area contributed by atoms with Gasteiger partial charge in [-0.15, -0.1) is 0 Å². The SMILES string of the molecule is CCCC/C(C=O)=C(\CC)Cc1ccc(C)cc1. The molecule has 98 valence electrons. The van der Waals surface area contributed by atoms with E-state index in [9.17, 15) is 4.79 Å². The molecule has 0 aliphatic heterocycles. The van der Waals surface area contributed by atoms with E-state index in [0.29, 0.717) is 0 Å². The maximum absolute atomic E-state index is 11.2. The average Bonchev–Trinajstić information content (AvgIpc) is 2.40. The quantitative estimate of drug-likeness (QED) is 0.504. The Morgan fingerprint density at radius 2 is 1.83 bits per heavy atom. The Bertz CT molecular complexity index is 398. The van der Waals surface area contributed by atoms with Gasteiger partial charge in [-0.1, -0.05) is 55.7 Å². The van der Waals surface area contributed by atoms with Crippen molar-refractivity contribution in [1.82, 2.24) is 0 Å². The van der Waals surface area contributed by atoms with Gasteiger partial charge in [0.25, 0.3) is 0 Å². The van der Waals surface area contributed by atoms with Crippen LogP contribution < -0.4 is 0 Å². The third kappa shape index (κ3) is 4.48. The van der Waals surface area contributed by atoms with Gasteiger partial charge in [0.15, 0.2) is 0 Å². The maximum atomic E-state index is 11.2. The van der Waals surface area contributed by atoms with Gasteiger partial charge in [0.2, 0.25) is 0 Å². The lowest BCUT2D eigenvalue weighted by Gasteiger charge is -2.10. The summed E-state index contributed by atoms with van der Waals surface area (Å²) in [5.74, 6) is 0. The van der Waals surface area contributed by atoms with Crippen LogP contribution in [0, 0.1) is 6.92 Å². The van der Waals surface area contributed by atoms with E-state index in [2.05, 4.69) is 45.0 Å². The van der Waals surface area contributed by atoms with E-state index in [1.165, 1.54) is 16.7 Å². The van der Waals surface area contributed by atoms with Crippen molar-refractivity contribution in [2.24, 2.45) is 0 Å². The highest BCUT2D eigenvalue weighted by atomic mass is 16.1. The summed E-state index contributed by atoms with van der Waals surface area (Å²) in [7, 11) is 0. The molecule has 0 amide bonds. The normalized spacial score (nSPS) is 12.2. The van der Waals surface area contributed by atoms with Gasteiger partial charge in [-0.25, -0.2) is 0 Å². The summed E-state index contributed by atoms with van der Waals surface area (Å²) < 4.78 is 0. The Balaban J connectivity index is 2.84. The molecule has 0 fully saturated rings. The highest BCUT2D eigenvalue weighted by molar-refractivity contribution is 5.74. The molecule has 0 spiro atoms. The average molecular weight is 244 g/mol. The van der Waals surface area contributed by atoms with Gasteiger partial charge in [0.05, 0.1) is 0 Å². The zero-order valence-electron chi connectivity index (χ0n) is 11.8. The number of unbranched alkanes of at least 4 members (excludes halogenated alkanes) is 1. The fourth-order valence-corrected chi connectivity index (χ4v) is 2.10. The topological polar surface area (TPSA) is 17.1 Å². The molecule has 0 saturated heterocycles. The fraction of sp³-hybridized carbons (Fsp3) is 0.471. The lowest BCUT2D eigenvalue weighted by atomic mass is 9.95. The third-order valence-corrected chi connectivity index (χ3v) is 3.36. The summed E-state index contributed by atoms with van der Waals surface area (Å²) in [6.45, 7) is 6.39.